The van der Waals surface area contributed by atoms with Gasteiger partial charge in [0.2, 0.25) is 0 Å². The maximum atomic E-state index is 12.2. The number of esters is 1. The monoisotopic (exact) mass is 319 g/mol. The van der Waals surface area contributed by atoms with Gasteiger partial charge >= 0.3 is 5.97 Å². The molecule has 1 aromatic rings. The van der Waals surface area contributed by atoms with E-state index in [-0.39, 0.29) is 13.2 Å². The molecule has 124 valence electrons. The highest BCUT2D eigenvalue weighted by atomic mass is 16.6. The molecule has 0 spiro atoms. The number of rotatable bonds is 9. The van der Waals surface area contributed by atoms with Crippen molar-refractivity contribution in [3.8, 4) is 0 Å². The third-order valence-electron chi connectivity index (χ3n) is 3.71. The highest BCUT2D eigenvalue weighted by molar-refractivity contribution is 6.08. The molecule has 1 aliphatic carbocycles. The fourth-order valence-electron chi connectivity index (χ4n) is 2.50. The Morgan fingerprint density at radius 1 is 1.43 bits per heavy atom. The van der Waals surface area contributed by atoms with Crippen LogP contribution in [-0.4, -0.2) is 46.9 Å². The number of carbonyl (C=O) groups is 1. The van der Waals surface area contributed by atoms with Crippen molar-refractivity contribution in [2.75, 3.05) is 13.2 Å². The van der Waals surface area contributed by atoms with Gasteiger partial charge in [0.1, 0.15) is 11.7 Å². The third kappa shape index (κ3) is 4.40. The molecule has 2 N–H and O–H groups in total. The van der Waals surface area contributed by atoms with Crippen molar-refractivity contribution in [2.45, 2.75) is 31.0 Å². The van der Waals surface area contributed by atoms with E-state index in [2.05, 4.69) is 11.7 Å². The minimum atomic E-state index is -0.762. The summed E-state index contributed by atoms with van der Waals surface area (Å²) in [6.45, 7) is 3.68. The molecule has 1 fully saturated rings. The molecular formula is C17H21NO5. The summed E-state index contributed by atoms with van der Waals surface area (Å²) in [6.07, 6.45) is 2.50. The second-order valence-electron chi connectivity index (χ2n) is 5.41. The van der Waals surface area contributed by atoms with Crippen molar-refractivity contribution >= 4 is 11.7 Å². The third-order valence-corrected chi connectivity index (χ3v) is 3.71. The number of oxime groups is 1. The van der Waals surface area contributed by atoms with Gasteiger partial charge in [-0.25, -0.2) is 4.79 Å². The van der Waals surface area contributed by atoms with Gasteiger partial charge in [-0.1, -0.05) is 29.4 Å². The lowest BCUT2D eigenvalue weighted by Crippen LogP contribution is -2.29. The SMILES string of the molecule is C=CC[C@@H](C[C@@]1(OCCO)C/C1=N/O)OC(=O)c1ccccc1. The summed E-state index contributed by atoms with van der Waals surface area (Å²) in [6, 6.07) is 8.72. The van der Waals surface area contributed by atoms with E-state index in [0.29, 0.717) is 30.5 Å². The number of carbonyl (C=O) groups excluding carboxylic acids is 1. The number of nitrogens with zero attached hydrogens (tertiary/aromatic N) is 1. The van der Waals surface area contributed by atoms with Gasteiger partial charge in [-0.05, 0) is 12.1 Å². The van der Waals surface area contributed by atoms with Crippen LogP contribution in [-0.2, 0) is 9.47 Å². The molecule has 6 nitrogen and oxygen atoms in total. The zero-order valence-corrected chi connectivity index (χ0v) is 12.9. The summed E-state index contributed by atoms with van der Waals surface area (Å²) < 4.78 is 11.1. The van der Waals surface area contributed by atoms with E-state index in [9.17, 15) is 4.79 Å². The van der Waals surface area contributed by atoms with Crippen molar-refractivity contribution in [3.05, 3.63) is 48.6 Å². The molecule has 1 aromatic carbocycles. The molecule has 0 heterocycles. The summed E-state index contributed by atoms with van der Waals surface area (Å²) in [5.74, 6) is -0.419. The molecule has 2 atom stereocenters. The lowest BCUT2D eigenvalue weighted by atomic mass is 10.1. The van der Waals surface area contributed by atoms with Crippen molar-refractivity contribution in [3.63, 3.8) is 0 Å². The van der Waals surface area contributed by atoms with Crippen LogP contribution >= 0.6 is 0 Å². The Morgan fingerprint density at radius 3 is 2.74 bits per heavy atom. The zero-order chi connectivity index (χ0) is 16.7. The van der Waals surface area contributed by atoms with Crippen LogP contribution in [0.1, 0.15) is 29.6 Å². The van der Waals surface area contributed by atoms with E-state index in [1.807, 2.05) is 6.07 Å². The first-order chi connectivity index (χ1) is 11.1. The molecule has 0 bridgehead atoms. The highest BCUT2D eigenvalue weighted by Crippen LogP contribution is 2.41. The lowest BCUT2D eigenvalue weighted by Gasteiger charge is -2.22. The topological polar surface area (TPSA) is 88.3 Å². The molecule has 0 radical (unpaired) electrons. The van der Waals surface area contributed by atoms with Crippen LogP contribution in [0.5, 0.6) is 0 Å². The molecule has 0 aromatic heterocycles. The quantitative estimate of drug-likeness (QED) is 0.315. The van der Waals surface area contributed by atoms with Crippen LogP contribution in [0.3, 0.4) is 0 Å². The van der Waals surface area contributed by atoms with E-state index in [1.165, 1.54) is 0 Å². The summed E-state index contributed by atoms with van der Waals surface area (Å²) in [5.41, 5.74) is 0.205. The smallest absolute Gasteiger partial charge is 0.338 e. The molecule has 1 aliphatic rings. The first-order valence-corrected chi connectivity index (χ1v) is 7.48. The van der Waals surface area contributed by atoms with Crippen LogP contribution in [0.25, 0.3) is 0 Å². The number of benzene rings is 1. The molecule has 23 heavy (non-hydrogen) atoms. The standard InChI is InChI=1S/C17H21NO5/c1-2-6-14(23-16(20)13-7-4-3-5-8-13)11-17(22-10-9-19)12-15(17)18-21/h2-5,7-8,14,19,21H,1,6,9-12H2/b18-15-/t14-,17+/m0/s1. The van der Waals surface area contributed by atoms with Gasteiger partial charge < -0.3 is 19.8 Å². The Hall–Kier alpha value is -2.18. The van der Waals surface area contributed by atoms with Crippen molar-refractivity contribution in [1.29, 1.82) is 0 Å². The second kappa shape index (κ2) is 7.89. The molecule has 0 saturated heterocycles. The highest BCUT2D eigenvalue weighted by Gasteiger charge is 2.54. The van der Waals surface area contributed by atoms with Gasteiger partial charge in [0.15, 0.2) is 0 Å². The number of aliphatic hydroxyl groups is 1. The molecule has 2 rings (SSSR count). The minimum Gasteiger partial charge on any atom is -0.458 e. The van der Waals surface area contributed by atoms with Crippen LogP contribution < -0.4 is 0 Å². The first kappa shape index (κ1) is 17.2. The Bertz CT molecular complexity index is 572. The molecule has 6 heteroatoms. The van der Waals surface area contributed by atoms with Crippen molar-refractivity contribution < 1.29 is 24.6 Å². The molecule has 0 amide bonds. The van der Waals surface area contributed by atoms with Crippen molar-refractivity contribution in [1.82, 2.24) is 0 Å². The van der Waals surface area contributed by atoms with Gasteiger partial charge in [0.05, 0.1) is 24.5 Å². The maximum absolute atomic E-state index is 12.2. The summed E-state index contributed by atoms with van der Waals surface area (Å²) in [5, 5.41) is 21.1. The van der Waals surface area contributed by atoms with E-state index in [0.717, 1.165) is 0 Å². The van der Waals surface area contributed by atoms with E-state index < -0.39 is 17.7 Å². The van der Waals surface area contributed by atoms with Gasteiger partial charge in [-0.3, -0.25) is 0 Å². The number of aliphatic hydroxyl groups excluding tert-OH is 1. The van der Waals surface area contributed by atoms with Crippen molar-refractivity contribution in [2.24, 2.45) is 5.16 Å². The Kier molecular flexibility index (Phi) is 5.90. The fraction of sp³-hybridized carbons (Fsp3) is 0.412. The van der Waals surface area contributed by atoms with E-state index in [4.69, 9.17) is 19.8 Å². The largest absolute Gasteiger partial charge is 0.458 e. The van der Waals surface area contributed by atoms with E-state index in [1.54, 1.807) is 30.3 Å². The fourth-order valence-corrected chi connectivity index (χ4v) is 2.50. The van der Waals surface area contributed by atoms with Gasteiger partial charge in [0, 0.05) is 19.3 Å². The summed E-state index contributed by atoms with van der Waals surface area (Å²) >= 11 is 0. The average Bonchev–Trinajstić information content (AvgIpc) is 3.27. The second-order valence-corrected chi connectivity index (χ2v) is 5.41. The van der Waals surface area contributed by atoms with E-state index >= 15 is 0 Å². The number of ether oxygens (including phenoxy) is 2. The van der Waals surface area contributed by atoms with Crippen LogP contribution in [0.4, 0.5) is 0 Å². The average molecular weight is 319 g/mol. The van der Waals surface area contributed by atoms with Gasteiger partial charge in [0.25, 0.3) is 0 Å². The van der Waals surface area contributed by atoms with Crippen LogP contribution in [0.2, 0.25) is 0 Å². The predicted octanol–water partition coefficient (Wildman–Crippen LogP) is 2.16. The minimum absolute atomic E-state index is 0.129. The Labute approximate surface area is 135 Å². The first-order valence-electron chi connectivity index (χ1n) is 7.48. The zero-order valence-electron chi connectivity index (χ0n) is 12.9. The molecular weight excluding hydrogens is 298 g/mol. The Balaban J connectivity index is 2.03. The number of hydrogen-bond donors (Lipinski definition) is 2. The predicted molar refractivity (Wildman–Crippen MR) is 84.7 cm³/mol. The van der Waals surface area contributed by atoms with Crippen LogP contribution in [0, 0.1) is 0 Å². The van der Waals surface area contributed by atoms with Gasteiger partial charge in [-0.15, -0.1) is 6.58 Å². The molecule has 1 saturated carbocycles. The summed E-state index contributed by atoms with van der Waals surface area (Å²) in [4.78, 5) is 12.2. The lowest BCUT2D eigenvalue weighted by molar-refractivity contribution is -0.0178. The summed E-state index contributed by atoms with van der Waals surface area (Å²) in [7, 11) is 0. The normalized spacial score (nSPS) is 22.6. The molecule has 0 aliphatic heterocycles. The molecule has 0 unspecified atom stereocenters. The Morgan fingerprint density at radius 2 is 2.17 bits per heavy atom. The number of hydrogen-bond acceptors (Lipinski definition) is 6. The maximum Gasteiger partial charge on any atom is 0.338 e. The van der Waals surface area contributed by atoms with Crippen LogP contribution in [0.15, 0.2) is 48.1 Å². The van der Waals surface area contributed by atoms with Gasteiger partial charge in [-0.2, -0.15) is 0 Å².